The number of fused-ring (bicyclic) bond motifs is 1. The van der Waals surface area contributed by atoms with Crippen LogP contribution in [0.1, 0.15) is 37.4 Å². The van der Waals surface area contributed by atoms with Crippen molar-refractivity contribution in [1.82, 2.24) is 0 Å². The Balaban J connectivity index is 1.61. The van der Waals surface area contributed by atoms with Gasteiger partial charge in [-0.25, -0.2) is 0 Å². The van der Waals surface area contributed by atoms with Crippen LogP contribution in [0.25, 0.3) is 0 Å². The first-order valence-corrected chi connectivity index (χ1v) is 6.86. The van der Waals surface area contributed by atoms with Crippen molar-refractivity contribution in [2.75, 3.05) is 13.2 Å². The van der Waals surface area contributed by atoms with E-state index in [4.69, 9.17) is 9.47 Å². The Morgan fingerprint density at radius 2 is 2.00 bits per heavy atom. The van der Waals surface area contributed by atoms with Crippen molar-refractivity contribution in [2.45, 2.75) is 37.9 Å². The lowest BCUT2D eigenvalue weighted by Crippen LogP contribution is -2.34. The third kappa shape index (κ3) is 2.38. The van der Waals surface area contributed by atoms with Crippen molar-refractivity contribution in [2.24, 2.45) is 5.92 Å². The molecule has 1 saturated carbocycles. The molecule has 3 nitrogen and oxygen atoms in total. The van der Waals surface area contributed by atoms with Gasteiger partial charge in [-0.1, -0.05) is 31.0 Å². The highest BCUT2D eigenvalue weighted by Gasteiger charge is 2.30. The van der Waals surface area contributed by atoms with E-state index in [0.29, 0.717) is 12.5 Å². The van der Waals surface area contributed by atoms with Gasteiger partial charge in [-0.2, -0.15) is 0 Å². The summed E-state index contributed by atoms with van der Waals surface area (Å²) >= 11 is 0. The van der Waals surface area contributed by atoms with Gasteiger partial charge in [0.05, 0.1) is 6.61 Å². The molecule has 1 fully saturated rings. The second-order valence-electron chi connectivity index (χ2n) is 5.32. The molecule has 3 heteroatoms. The van der Waals surface area contributed by atoms with Crippen LogP contribution in [0.4, 0.5) is 0 Å². The zero-order chi connectivity index (χ0) is 12.4. The molecule has 0 radical (unpaired) electrons. The van der Waals surface area contributed by atoms with Crippen molar-refractivity contribution in [3.05, 3.63) is 29.8 Å². The van der Waals surface area contributed by atoms with Gasteiger partial charge in [0.2, 0.25) is 0 Å². The molecule has 1 aliphatic carbocycles. The summed E-state index contributed by atoms with van der Waals surface area (Å²) < 4.78 is 11.5. The highest BCUT2D eigenvalue weighted by Crippen LogP contribution is 2.34. The quantitative estimate of drug-likeness (QED) is 0.893. The molecular weight excluding hydrogens is 228 g/mol. The zero-order valence-electron chi connectivity index (χ0n) is 10.5. The molecule has 0 amide bonds. The van der Waals surface area contributed by atoms with E-state index in [1.165, 1.54) is 25.7 Å². The van der Waals surface area contributed by atoms with E-state index in [9.17, 15) is 5.11 Å². The summed E-state index contributed by atoms with van der Waals surface area (Å²) in [4.78, 5) is 0. The number of ether oxygens (including phenoxy) is 2. The fraction of sp³-hybridized carbons (Fsp3) is 0.600. The standard InChI is InChI=1S/C15H20O3/c16-15-12-7-3-4-8-13(12)18-10-14(15)17-9-11-5-1-2-6-11/h3-4,7-8,11,14-16H,1-2,5-6,9-10H2. The monoisotopic (exact) mass is 248 g/mol. The zero-order valence-corrected chi connectivity index (χ0v) is 10.5. The van der Waals surface area contributed by atoms with Crippen LogP contribution in [-0.4, -0.2) is 24.4 Å². The molecule has 1 aliphatic heterocycles. The van der Waals surface area contributed by atoms with Crippen LogP contribution in [0.2, 0.25) is 0 Å². The van der Waals surface area contributed by atoms with Gasteiger partial charge in [-0.05, 0) is 24.8 Å². The SMILES string of the molecule is OC1c2ccccc2OCC1OCC1CCCC1. The number of hydrogen-bond acceptors (Lipinski definition) is 3. The lowest BCUT2D eigenvalue weighted by atomic mass is 10.0. The van der Waals surface area contributed by atoms with E-state index >= 15 is 0 Å². The van der Waals surface area contributed by atoms with Crippen LogP contribution in [0.5, 0.6) is 5.75 Å². The third-order valence-corrected chi connectivity index (χ3v) is 4.01. The van der Waals surface area contributed by atoms with Gasteiger partial charge in [0.1, 0.15) is 24.6 Å². The predicted octanol–water partition coefficient (Wildman–Crippen LogP) is 2.69. The molecule has 1 heterocycles. The molecule has 0 bridgehead atoms. The topological polar surface area (TPSA) is 38.7 Å². The molecule has 3 rings (SSSR count). The minimum absolute atomic E-state index is 0.222. The van der Waals surface area contributed by atoms with Gasteiger partial charge < -0.3 is 14.6 Å². The lowest BCUT2D eigenvalue weighted by molar-refractivity contribution is -0.0810. The molecule has 0 saturated heterocycles. The largest absolute Gasteiger partial charge is 0.490 e. The van der Waals surface area contributed by atoms with Crippen molar-refractivity contribution >= 4 is 0 Å². The number of rotatable bonds is 3. The van der Waals surface area contributed by atoms with Crippen molar-refractivity contribution in [3.8, 4) is 5.75 Å². The van der Waals surface area contributed by atoms with Crippen LogP contribution in [0.15, 0.2) is 24.3 Å². The number of aliphatic hydroxyl groups is 1. The highest BCUT2D eigenvalue weighted by molar-refractivity contribution is 5.37. The van der Waals surface area contributed by atoms with Gasteiger partial charge in [-0.3, -0.25) is 0 Å². The fourth-order valence-corrected chi connectivity index (χ4v) is 2.90. The molecule has 1 N–H and O–H groups in total. The summed E-state index contributed by atoms with van der Waals surface area (Å²) in [5.74, 6) is 1.46. The smallest absolute Gasteiger partial charge is 0.125 e. The Morgan fingerprint density at radius 1 is 1.22 bits per heavy atom. The van der Waals surface area contributed by atoms with Crippen LogP contribution in [0, 0.1) is 5.92 Å². The van der Waals surface area contributed by atoms with Gasteiger partial charge in [0, 0.05) is 5.56 Å². The predicted molar refractivity (Wildman–Crippen MR) is 68.6 cm³/mol. The van der Waals surface area contributed by atoms with Crippen LogP contribution < -0.4 is 4.74 Å². The van der Waals surface area contributed by atoms with E-state index in [1.54, 1.807) is 0 Å². The summed E-state index contributed by atoms with van der Waals surface area (Å²) in [6.07, 6.45) is 4.39. The Kier molecular flexibility index (Phi) is 3.52. The summed E-state index contributed by atoms with van der Waals surface area (Å²) in [6, 6.07) is 7.65. The molecule has 2 unspecified atom stereocenters. The number of aliphatic hydroxyl groups excluding tert-OH is 1. The Bertz CT molecular complexity index is 398. The minimum Gasteiger partial charge on any atom is -0.490 e. The lowest BCUT2D eigenvalue weighted by Gasteiger charge is -2.30. The molecule has 2 aliphatic rings. The Labute approximate surface area is 108 Å². The van der Waals surface area contributed by atoms with Gasteiger partial charge in [-0.15, -0.1) is 0 Å². The first kappa shape index (κ1) is 12.0. The summed E-state index contributed by atoms with van der Waals surface area (Å²) in [5, 5.41) is 10.3. The van der Waals surface area contributed by atoms with Crippen LogP contribution in [0.3, 0.4) is 0 Å². The van der Waals surface area contributed by atoms with Crippen molar-refractivity contribution in [1.29, 1.82) is 0 Å². The highest BCUT2D eigenvalue weighted by atomic mass is 16.5. The maximum absolute atomic E-state index is 10.3. The Morgan fingerprint density at radius 3 is 2.83 bits per heavy atom. The second kappa shape index (κ2) is 5.29. The molecule has 2 atom stereocenters. The molecule has 0 spiro atoms. The molecule has 1 aromatic carbocycles. The van der Waals surface area contributed by atoms with E-state index in [-0.39, 0.29) is 6.10 Å². The maximum Gasteiger partial charge on any atom is 0.125 e. The van der Waals surface area contributed by atoms with E-state index < -0.39 is 6.10 Å². The average Bonchev–Trinajstić information content (AvgIpc) is 2.91. The van der Waals surface area contributed by atoms with Gasteiger partial charge >= 0.3 is 0 Å². The molecule has 1 aromatic rings. The van der Waals surface area contributed by atoms with Gasteiger partial charge in [0.15, 0.2) is 0 Å². The number of para-hydroxylation sites is 1. The first-order chi connectivity index (χ1) is 8.84. The maximum atomic E-state index is 10.3. The summed E-state index contributed by atoms with van der Waals surface area (Å²) in [7, 11) is 0. The van der Waals surface area contributed by atoms with Crippen LogP contribution >= 0.6 is 0 Å². The second-order valence-corrected chi connectivity index (χ2v) is 5.32. The minimum atomic E-state index is -0.559. The van der Waals surface area contributed by atoms with Crippen molar-refractivity contribution < 1.29 is 14.6 Å². The average molecular weight is 248 g/mol. The summed E-state index contributed by atoms with van der Waals surface area (Å²) in [5.41, 5.74) is 0.847. The molecule has 98 valence electrons. The van der Waals surface area contributed by atoms with E-state index in [0.717, 1.165) is 17.9 Å². The molecule has 18 heavy (non-hydrogen) atoms. The molecular formula is C15H20O3. The number of hydrogen-bond donors (Lipinski definition) is 1. The Hall–Kier alpha value is -1.06. The summed E-state index contributed by atoms with van der Waals surface area (Å²) in [6.45, 7) is 1.21. The van der Waals surface area contributed by atoms with E-state index in [2.05, 4.69) is 0 Å². The van der Waals surface area contributed by atoms with E-state index in [1.807, 2.05) is 24.3 Å². The number of benzene rings is 1. The van der Waals surface area contributed by atoms with Crippen molar-refractivity contribution in [3.63, 3.8) is 0 Å². The van der Waals surface area contributed by atoms with Crippen LogP contribution in [-0.2, 0) is 4.74 Å². The molecule has 0 aromatic heterocycles. The normalized spacial score (nSPS) is 27.8. The first-order valence-electron chi connectivity index (χ1n) is 6.86. The van der Waals surface area contributed by atoms with Gasteiger partial charge in [0.25, 0.3) is 0 Å². The fourth-order valence-electron chi connectivity index (χ4n) is 2.90. The third-order valence-electron chi connectivity index (χ3n) is 4.01.